The summed E-state index contributed by atoms with van der Waals surface area (Å²) < 4.78 is 4.97. The van der Waals surface area contributed by atoms with Crippen molar-refractivity contribution in [3.8, 4) is 0 Å². The van der Waals surface area contributed by atoms with Gasteiger partial charge in [-0.15, -0.1) is 0 Å². The SMILES string of the molecule is CC(=O)OC1C=C(C)CC1. The summed E-state index contributed by atoms with van der Waals surface area (Å²) in [4.78, 5) is 10.5. The normalized spacial score (nSPS) is 24.2. The van der Waals surface area contributed by atoms with Crippen molar-refractivity contribution in [1.82, 2.24) is 0 Å². The number of hydrogen-bond donors (Lipinski definition) is 0. The van der Waals surface area contributed by atoms with Crippen LogP contribution in [0.5, 0.6) is 0 Å². The lowest BCUT2D eigenvalue weighted by Gasteiger charge is -2.05. The molecule has 0 heterocycles. The number of rotatable bonds is 1. The van der Waals surface area contributed by atoms with Gasteiger partial charge in [0.2, 0.25) is 0 Å². The summed E-state index contributed by atoms with van der Waals surface area (Å²) in [5.41, 5.74) is 1.33. The fraction of sp³-hybridized carbons (Fsp3) is 0.625. The number of esters is 1. The molecule has 1 atom stereocenters. The van der Waals surface area contributed by atoms with E-state index < -0.39 is 0 Å². The second-order valence-electron chi connectivity index (χ2n) is 2.70. The minimum Gasteiger partial charge on any atom is -0.458 e. The van der Waals surface area contributed by atoms with Crippen molar-refractivity contribution in [2.45, 2.75) is 32.8 Å². The first kappa shape index (κ1) is 7.32. The molecule has 1 rings (SSSR count). The van der Waals surface area contributed by atoms with E-state index >= 15 is 0 Å². The van der Waals surface area contributed by atoms with Crippen LogP contribution in [0.2, 0.25) is 0 Å². The third-order valence-corrected chi connectivity index (χ3v) is 1.61. The maximum Gasteiger partial charge on any atom is 0.303 e. The highest BCUT2D eigenvalue weighted by Crippen LogP contribution is 2.19. The second-order valence-corrected chi connectivity index (χ2v) is 2.70. The van der Waals surface area contributed by atoms with E-state index in [1.807, 2.05) is 6.08 Å². The van der Waals surface area contributed by atoms with Gasteiger partial charge < -0.3 is 4.74 Å². The van der Waals surface area contributed by atoms with E-state index in [1.54, 1.807) is 0 Å². The molecule has 0 aliphatic heterocycles. The van der Waals surface area contributed by atoms with Gasteiger partial charge >= 0.3 is 5.97 Å². The molecule has 0 aromatic carbocycles. The Morgan fingerprint density at radius 1 is 1.80 bits per heavy atom. The van der Waals surface area contributed by atoms with Crippen LogP contribution in [-0.2, 0) is 9.53 Å². The fourth-order valence-electron chi connectivity index (χ4n) is 1.16. The minimum atomic E-state index is -0.184. The number of hydrogen-bond acceptors (Lipinski definition) is 2. The molecule has 0 aromatic rings. The highest BCUT2D eigenvalue weighted by atomic mass is 16.5. The second kappa shape index (κ2) is 2.86. The summed E-state index contributed by atoms with van der Waals surface area (Å²) in [5, 5.41) is 0. The van der Waals surface area contributed by atoms with E-state index in [0.717, 1.165) is 12.8 Å². The van der Waals surface area contributed by atoms with Gasteiger partial charge in [-0.2, -0.15) is 0 Å². The van der Waals surface area contributed by atoms with E-state index in [4.69, 9.17) is 4.74 Å². The molecular formula is C8H12O2. The molecule has 0 spiro atoms. The molecule has 1 unspecified atom stereocenters. The summed E-state index contributed by atoms with van der Waals surface area (Å²) in [6.07, 6.45) is 4.10. The number of ether oxygens (including phenoxy) is 1. The van der Waals surface area contributed by atoms with Gasteiger partial charge in [-0.25, -0.2) is 0 Å². The average Bonchev–Trinajstić information content (AvgIpc) is 2.13. The van der Waals surface area contributed by atoms with Crippen LogP contribution >= 0.6 is 0 Å². The van der Waals surface area contributed by atoms with Crippen molar-refractivity contribution in [3.63, 3.8) is 0 Å². The minimum absolute atomic E-state index is 0.0532. The Bertz CT molecular complexity index is 170. The Morgan fingerprint density at radius 2 is 2.50 bits per heavy atom. The highest BCUT2D eigenvalue weighted by molar-refractivity contribution is 5.66. The zero-order chi connectivity index (χ0) is 7.56. The molecule has 0 saturated carbocycles. The predicted octanol–water partition coefficient (Wildman–Crippen LogP) is 1.66. The third kappa shape index (κ3) is 1.87. The third-order valence-electron chi connectivity index (χ3n) is 1.61. The Balaban J connectivity index is 2.38. The van der Waals surface area contributed by atoms with Crippen molar-refractivity contribution in [2.24, 2.45) is 0 Å². The van der Waals surface area contributed by atoms with Gasteiger partial charge in [-0.1, -0.05) is 5.57 Å². The van der Waals surface area contributed by atoms with Crippen LogP contribution in [0, 0.1) is 0 Å². The van der Waals surface area contributed by atoms with Gasteiger partial charge in [-0.3, -0.25) is 4.79 Å². The van der Waals surface area contributed by atoms with Crippen molar-refractivity contribution >= 4 is 5.97 Å². The van der Waals surface area contributed by atoms with Gasteiger partial charge in [0.25, 0.3) is 0 Å². The van der Waals surface area contributed by atoms with Crippen LogP contribution < -0.4 is 0 Å². The predicted molar refractivity (Wildman–Crippen MR) is 38.5 cm³/mol. The molecule has 10 heavy (non-hydrogen) atoms. The van der Waals surface area contributed by atoms with Crippen molar-refractivity contribution < 1.29 is 9.53 Å². The largest absolute Gasteiger partial charge is 0.458 e. The molecule has 0 N–H and O–H groups in total. The summed E-state index contributed by atoms with van der Waals surface area (Å²) in [7, 11) is 0. The smallest absolute Gasteiger partial charge is 0.303 e. The quantitative estimate of drug-likeness (QED) is 0.409. The molecular weight excluding hydrogens is 128 g/mol. The molecule has 1 aliphatic carbocycles. The van der Waals surface area contributed by atoms with E-state index in [2.05, 4.69) is 6.92 Å². The summed E-state index contributed by atoms with van der Waals surface area (Å²) >= 11 is 0. The lowest BCUT2D eigenvalue weighted by molar-refractivity contribution is -0.144. The molecule has 0 bridgehead atoms. The maximum absolute atomic E-state index is 10.5. The monoisotopic (exact) mass is 140 g/mol. The topological polar surface area (TPSA) is 26.3 Å². The first-order chi connectivity index (χ1) is 4.68. The molecule has 0 radical (unpaired) electrons. The van der Waals surface area contributed by atoms with Crippen molar-refractivity contribution in [3.05, 3.63) is 11.6 Å². The molecule has 0 amide bonds. The van der Waals surface area contributed by atoms with Gasteiger partial charge in [-0.05, 0) is 25.8 Å². The zero-order valence-electron chi connectivity index (χ0n) is 6.39. The fourth-order valence-corrected chi connectivity index (χ4v) is 1.16. The van der Waals surface area contributed by atoms with Crippen LogP contribution in [0.1, 0.15) is 26.7 Å². The number of allylic oxidation sites excluding steroid dienone is 1. The van der Waals surface area contributed by atoms with Crippen LogP contribution in [0.15, 0.2) is 11.6 Å². The molecule has 0 aromatic heterocycles. The van der Waals surface area contributed by atoms with E-state index in [9.17, 15) is 4.79 Å². The molecule has 2 heteroatoms. The van der Waals surface area contributed by atoms with Gasteiger partial charge in [0.15, 0.2) is 0 Å². The zero-order valence-corrected chi connectivity index (χ0v) is 6.39. The van der Waals surface area contributed by atoms with E-state index in [1.165, 1.54) is 12.5 Å². The lowest BCUT2D eigenvalue weighted by atomic mass is 10.3. The Kier molecular flexibility index (Phi) is 2.10. The molecule has 1 aliphatic rings. The summed E-state index contributed by atoms with van der Waals surface area (Å²) in [5.74, 6) is -0.184. The maximum atomic E-state index is 10.5. The standard InChI is InChI=1S/C8H12O2/c1-6-3-4-8(5-6)10-7(2)9/h5,8H,3-4H2,1-2H3. The number of carbonyl (C=O) groups excluding carboxylic acids is 1. The molecule has 2 nitrogen and oxygen atoms in total. The Labute approximate surface area is 60.9 Å². The Hall–Kier alpha value is -0.790. The van der Waals surface area contributed by atoms with E-state index in [-0.39, 0.29) is 12.1 Å². The van der Waals surface area contributed by atoms with Gasteiger partial charge in [0, 0.05) is 6.92 Å². The molecule has 0 saturated heterocycles. The molecule has 56 valence electrons. The number of carbonyl (C=O) groups is 1. The first-order valence-corrected chi connectivity index (χ1v) is 3.53. The summed E-state index contributed by atoms with van der Waals surface area (Å²) in [6, 6.07) is 0. The van der Waals surface area contributed by atoms with E-state index in [0.29, 0.717) is 0 Å². The Morgan fingerprint density at radius 3 is 2.90 bits per heavy atom. The van der Waals surface area contributed by atoms with Crippen LogP contribution in [0.3, 0.4) is 0 Å². The lowest BCUT2D eigenvalue weighted by Crippen LogP contribution is -2.09. The molecule has 0 fully saturated rings. The first-order valence-electron chi connectivity index (χ1n) is 3.53. The van der Waals surface area contributed by atoms with Crippen LogP contribution in [0.4, 0.5) is 0 Å². The highest BCUT2D eigenvalue weighted by Gasteiger charge is 2.14. The van der Waals surface area contributed by atoms with Gasteiger partial charge in [0.05, 0.1) is 0 Å². The van der Waals surface area contributed by atoms with Crippen LogP contribution in [0.25, 0.3) is 0 Å². The summed E-state index contributed by atoms with van der Waals surface area (Å²) in [6.45, 7) is 3.50. The van der Waals surface area contributed by atoms with Crippen molar-refractivity contribution in [2.75, 3.05) is 0 Å². The van der Waals surface area contributed by atoms with Crippen LogP contribution in [-0.4, -0.2) is 12.1 Å². The van der Waals surface area contributed by atoms with Gasteiger partial charge in [0.1, 0.15) is 6.10 Å². The van der Waals surface area contributed by atoms with Crippen molar-refractivity contribution in [1.29, 1.82) is 0 Å². The average molecular weight is 140 g/mol.